The molecule has 1 aromatic rings. The van der Waals surface area contributed by atoms with E-state index in [1.807, 2.05) is 9.80 Å². The molecule has 6 nitrogen and oxygen atoms in total. The molecule has 0 unspecified atom stereocenters. The van der Waals surface area contributed by atoms with Crippen LogP contribution in [-0.4, -0.2) is 60.7 Å². The summed E-state index contributed by atoms with van der Waals surface area (Å²) in [7, 11) is 0. The Labute approximate surface area is 179 Å². The molecule has 2 aliphatic carbocycles. The molecule has 1 heterocycles. The number of carbonyl (C=O) groups excluding carboxylic acids is 2. The van der Waals surface area contributed by atoms with Crippen molar-refractivity contribution in [2.24, 2.45) is 17.8 Å². The predicted molar refractivity (Wildman–Crippen MR) is 108 cm³/mol. The molecular weight excluding hydrogens is 411 g/mol. The minimum absolute atomic E-state index is 0.176. The van der Waals surface area contributed by atoms with Crippen molar-refractivity contribution in [2.45, 2.75) is 38.5 Å². The maximum Gasteiger partial charge on any atom is 0.573 e. The van der Waals surface area contributed by atoms with Crippen LogP contribution in [0.3, 0.4) is 0 Å². The van der Waals surface area contributed by atoms with E-state index in [0.29, 0.717) is 44.2 Å². The standard InChI is InChI=1S/C22H28F3N3O3/c23-22(24,25)31-19-5-3-18(4-6-19)26-20(29)14-27-7-9-28(10-8-27)21(30)13-17-12-15-1-2-16(17)11-15/h3-6,15-17H,1-2,7-14H2,(H,26,29)/t15-,16-,17+/m0/s1. The number of fused-ring (bicyclic) bond motifs is 2. The van der Waals surface area contributed by atoms with Crippen LogP contribution in [0, 0.1) is 17.8 Å². The minimum atomic E-state index is -4.75. The van der Waals surface area contributed by atoms with Crippen molar-refractivity contribution < 1.29 is 27.5 Å². The molecule has 170 valence electrons. The molecule has 2 saturated carbocycles. The summed E-state index contributed by atoms with van der Waals surface area (Å²) in [4.78, 5) is 28.8. The molecule has 2 bridgehead atoms. The molecule has 0 aromatic heterocycles. The molecule has 1 saturated heterocycles. The smallest absolute Gasteiger partial charge is 0.406 e. The Balaban J connectivity index is 1.17. The molecular formula is C22H28F3N3O3. The second-order valence-electron chi connectivity index (χ2n) is 8.92. The Morgan fingerprint density at radius 1 is 1.03 bits per heavy atom. The van der Waals surface area contributed by atoms with Gasteiger partial charge < -0.3 is 15.0 Å². The number of amides is 2. The number of piperazine rings is 1. The van der Waals surface area contributed by atoms with E-state index in [-0.39, 0.29) is 24.1 Å². The quantitative estimate of drug-likeness (QED) is 0.737. The zero-order chi connectivity index (χ0) is 22.0. The number of alkyl halides is 3. The van der Waals surface area contributed by atoms with Gasteiger partial charge in [0.25, 0.3) is 0 Å². The Bertz CT molecular complexity index is 791. The second-order valence-corrected chi connectivity index (χ2v) is 8.92. The number of nitrogens with zero attached hydrogens (tertiary/aromatic N) is 2. The lowest BCUT2D eigenvalue weighted by Gasteiger charge is -2.35. The lowest BCUT2D eigenvalue weighted by atomic mass is 9.86. The number of ether oxygens (including phenoxy) is 1. The number of halogens is 3. The number of carbonyl (C=O) groups is 2. The molecule has 1 aliphatic heterocycles. The Morgan fingerprint density at radius 3 is 2.32 bits per heavy atom. The van der Waals surface area contributed by atoms with Crippen LogP contribution in [-0.2, 0) is 9.59 Å². The summed E-state index contributed by atoms with van der Waals surface area (Å²) < 4.78 is 40.4. The molecule has 3 fully saturated rings. The lowest BCUT2D eigenvalue weighted by Crippen LogP contribution is -2.50. The fourth-order valence-electron chi connectivity index (χ4n) is 5.28. The lowest BCUT2D eigenvalue weighted by molar-refractivity contribution is -0.274. The van der Waals surface area contributed by atoms with Crippen LogP contribution in [0.15, 0.2) is 24.3 Å². The summed E-state index contributed by atoms with van der Waals surface area (Å²) in [6, 6.07) is 5.05. The number of benzene rings is 1. The first kappa shape index (κ1) is 21.9. The molecule has 3 atom stereocenters. The van der Waals surface area contributed by atoms with E-state index in [1.165, 1.54) is 37.8 Å². The van der Waals surface area contributed by atoms with Crippen molar-refractivity contribution in [3.63, 3.8) is 0 Å². The maximum atomic E-state index is 12.7. The highest BCUT2D eigenvalue weighted by atomic mass is 19.4. The van der Waals surface area contributed by atoms with Crippen LogP contribution in [0.1, 0.15) is 32.1 Å². The molecule has 1 N–H and O–H groups in total. The van der Waals surface area contributed by atoms with E-state index >= 15 is 0 Å². The fraction of sp³-hybridized carbons (Fsp3) is 0.636. The van der Waals surface area contributed by atoms with Crippen molar-refractivity contribution in [3.8, 4) is 5.75 Å². The molecule has 0 spiro atoms. The average molecular weight is 439 g/mol. The highest BCUT2D eigenvalue weighted by molar-refractivity contribution is 5.92. The van der Waals surface area contributed by atoms with Crippen molar-refractivity contribution >= 4 is 17.5 Å². The van der Waals surface area contributed by atoms with Gasteiger partial charge in [0.1, 0.15) is 5.75 Å². The molecule has 4 rings (SSSR count). The number of hydrogen-bond acceptors (Lipinski definition) is 4. The number of rotatable bonds is 6. The summed E-state index contributed by atoms with van der Waals surface area (Å²) in [5.74, 6) is 1.80. The highest BCUT2D eigenvalue weighted by Crippen LogP contribution is 2.49. The van der Waals surface area contributed by atoms with Crippen LogP contribution >= 0.6 is 0 Å². The van der Waals surface area contributed by atoms with Gasteiger partial charge in [-0.1, -0.05) is 6.42 Å². The van der Waals surface area contributed by atoms with Gasteiger partial charge in [-0.2, -0.15) is 0 Å². The van der Waals surface area contributed by atoms with Crippen molar-refractivity contribution in [1.82, 2.24) is 9.80 Å². The number of anilines is 1. The van der Waals surface area contributed by atoms with Crippen molar-refractivity contribution in [2.75, 3.05) is 38.0 Å². The number of nitrogens with one attached hydrogen (secondary N) is 1. The van der Waals surface area contributed by atoms with Gasteiger partial charge in [-0.05, 0) is 61.3 Å². The third-order valence-electron chi connectivity index (χ3n) is 6.79. The van der Waals surface area contributed by atoms with Gasteiger partial charge in [0, 0.05) is 38.3 Å². The fourth-order valence-corrected chi connectivity index (χ4v) is 5.28. The monoisotopic (exact) mass is 439 g/mol. The van der Waals surface area contributed by atoms with E-state index in [4.69, 9.17) is 0 Å². The molecule has 2 amide bonds. The third-order valence-corrected chi connectivity index (χ3v) is 6.79. The average Bonchev–Trinajstić information content (AvgIpc) is 3.32. The molecule has 9 heteroatoms. The van der Waals surface area contributed by atoms with Crippen LogP contribution in [0.5, 0.6) is 5.75 Å². The van der Waals surface area contributed by atoms with Crippen LogP contribution in [0.25, 0.3) is 0 Å². The topological polar surface area (TPSA) is 61.9 Å². The molecule has 1 aromatic carbocycles. The van der Waals surface area contributed by atoms with E-state index in [9.17, 15) is 22.8 Å². The Hall–Kier alpha value is -2.29. The van der Waals surface area contributed by atoms with E-state index in [0.717, 1.165) is 24.0 Å². The van der Waals surface area contributed by atoms with E-state index < -0.39 is 6.36 Å². The van der Waals surface area contributed by atoms with Gasteiger partial charge in [-0.15, -0.1) is 13.2 Å². The van der Waals surface area contributed by atoms with Gasteiger partial charge in [0.15, 0.2) is 0 Å². The van der Waals surface area contributed by atoms with Crippen molar-refractivity contribution in [1.29, 1.82) is 0 Å². The Morgan fingerprint density at radius 2 is 1.74 bits per heavy atom. The van der Waals surface area contributed by atoms with E-state index in [1.54, 1.807) is 0 Å². The zero-order valence-electron chi connectivity index (χ0n) is 17.4. The predicted octanol–water partition coefficient (Wildman–Crippen LogP) is 3.49. The summed E-state index contributed by atoms with van der Waals surface area (Å²) >= 11 is 0. The van der Waals surface area contributed by atoms with Gasteiger partial charge in [-0.25, -0.2) is 0 Å². The van der Waals surface area contributed by atoms with Crippen LogP contribution < -0.4 is 10.1 Å². The summed E-state index contributed by atoms with van der Waals surface area (Å²) in [5.41, 5.74) is 0.402. The molecule has 31 heavy (non-hydrogen) atoms. The van der Waals surface area contributed by atoms with Gasteiger partial charge in [-0.3, -0.25) is 14.5 Å². The van der Waals surface area contributed by atoms with Gasteiger partial charge in [0.2, 0.25) is 11.8 Å². The molecule has 0 radical (unpaired) electrons. The SMILES string of the molecule is O=C(CN1CCN(C(=O)C[C@H]2C[C@H]3CC[C@H]2C3)CC1)Nc1ccc(OC(F)(F)F)cc1. The van der Waals surface area contributed by atoms with Gasteiger partial charge >= 0.3 is 6.36 Å². The first-order valence-electron chi connectivity index (χ1n) is 10.9. The molecule has 3 aliphatic rings. The first-order chi connectivity index (χ1) is 14.7. The summed E-state index contributed by atoms with van der Waals surface area (Å²) in [6.07, 6.45) is 1.05. The summed E-state index contributed by atoms with van der Waals surface area (Å²) in [6.45, 7) is 2.69. The van der Waals surface area contributed by atoms with Crippen LogP contribution in [0.2, 0.25) is 0 Å². The van der Waals surface area contributed by atoms with Crippen molar-refractivity contribution in [3.05, 3.63) is 24.3 Å². The summed E-state index contributed by atoms with van der Waals surface area (Å²) in [5, 5.41) is 2.68. The van der Waals surface area contributed by atoms with E-state index in [2.05, 4.69) is 10.1 Å². The largest absolute Gasteiger partial charge is 0.573 e. The Kier molecular flexibility index (Phi) is 6.41. The first-order valence-corrected chi connectivity index (χ1v) is 10.9. The zero-order valence-corrected chi connectivity index (χ0v) is 17.4. The minimum Gasteiger partial charge on any atom is -0.406 e. The number of hydrogen-bond donors (Lipinski definition) is 1. The third kappa shape index (κ3) is 5.90. The highest BCUT2D eigenvalue weighted by Gasteiger charge is 2.40. The van der Waals surface area contributed by atoms with Crippen LogP contribution in [0.4, 0.5) is 18.9 Å². The normalized spacial score (nSPS) is 26.2. The second kappa shape index (κ2) is 9.06. The maximum absolute atomic E-state index is 12.7. The van der Waals surface area contributed by atoms with Gasteiger partial charge in [0.05, 0.1) is 6.54 Å².